The molecular weight excluding hydrogens is 408 g/mol. The maximum Gasteiger partial charge on any atom is 0.150 e. The Morgan fingerprint density at radius 1 is 0.576 bits per heavy atom. The fraction of sp³-hybridized carbons (Fsp3) is 0.172. The molecule has 4 aromatic carbocycles. The first-order valence-electron chi connectivity index (χ1n) is 11.3. The third-order valence-electron chi connectivity index (χ3n) is 5.77. The van der Waals surface area contributed by atoms with Crippen LogP contribution in [-0.2, 0) is 12.8 Å². The van der Waals surface area contributed by atoms with Gasteiger partial charge in [-0.25, -0.2) is 0 Å². The lowest BCUT2D eigenvalue weighted by molar-refractivity contribution is 0.481. The first-order chi connectivity index (χ1) is 16.1. The van der Waals surface area contributed by atoms with Gasteiger partial charge in [-0.05, 0) is 78.4 Å². The van der Waals surface area contributed by atoms with E-state index in [0.29, 0.717) is 28.8 Å². The van der Waals surface area contributed by atoms with Gasteiger partial charge in [-0.2, -0.15) is 0 Å². The Balaban J connectivity index is 1.34. The highest BCUT2D eigenvalue weighted by Crippen LogP contribution is 2.29. The topological polar surface area (TPSA) is 70.5 Å². The molecule has 4 aromatic rings. The fourth-order valence-electron chi connectivity index (χ4n) is 3.82. The van der Waals surface area contributed by atoms with E-state index in [9.17, 15) is 0 Å². The zero-order valence-corrected chi connectivity index (χ0v) is 18.9. The molecule has 0 unspecified atom stereocenters. The van der Waals surface area contributed by atoms with Crippen LogP contribution in [0.3, 0.4) is 0 Å². The van der Waals surface area contributed by atoms with Crippen LogP contribution >= 0.6 is 0 Å². The van der Waals surface area contributed by atoms with Crippen LogP contribution in [0.5, 0.6) is 23.0 Å². The van der Waals surface area contributed by atoms with Crippen molar-refractivity contribution in [2.75, 3.05) is 11.5 Å². The van der Waals surface area contributed by atoms with E-state index >= 15 is 0 Å². The van der Waals surface area contributed by atoms with E-state index in [4.69, 9.17) is 20.9 Å². The number of para-hydroxylation sites is 4. The number of benzene rings is 4. The zero-order chi connectivity index (χ0) is 23.0. The standard InChI is InChI=1S/C29H30N2O2/c1-2-21(19-22-11-15-24(16-12-22)32-28-9-5-3-7-26(28)30)20-23-13-17-25(18-14-23)33-29-10-6-4-8-27(29)31/h3-18,21H,2,19-20,30-31H2,1H3. The molecule has 0 atom stereocenters. The van der Waals surface area contributed by atoms with E-state index < -0.39 is 0 Å². The molecule has 0 heterocycles. The van der Waals surface area contributed by atoms with Gasteiger partial charge in [0.05, 0.1) is 11.4 Å². The van der Waals surface area contributed by atoms with E-state index in [1.165, 1.54) is 11.1 Å². The minimum atomic E-state index is 0.554. The Labute approximate surface area is 195 Å². The van der Waals surface area contributed by atoms with Crippen molar-refractivity contribution < 1.29 is 9.47 Å². The molecule has 4 heteroatoms. The van der Waals surface area contributed by atoms with Crippen LogP contribution in [0.15, 0.2) is 97.1 Å². The van der Waals surface area contributed by atoms with Crippen molar-refractivity contribution in [1.29, 1.82) is 0 Å². The summed E-state index contributed by atoms with van der Waals surface area (Å²) in [6, 6.07) is 31.7. The van der Waals surface area contributed by atoms with Gasteiger partial charge in [-0.3, -0.25) is 0 Å². The van der Waals surface area contributed by atoms with Crippen LogP contribution in [0.2, 0.25) is 0 Å². The number of anilines is 2. The minimum absolute atomic E-state index is 0.554. The second-order valence-electron chi connectivity index (χ2n) is 8.25. The van der Waals surface area contributed by atoms with Gasteiger partial charge in [-0.1, -0.05) is 61.9 Å². The van der Waals surface area contributed by atoms with Gasteiger partial charge < -0.3 is 20.9 Å². The highest BCUT2D eigenvalue weighted by atomic mass is 16.5. The molecule has 33 heavy (non-hydrogen) atoms. The van der Waals surface area contributed by atoms with Crippen molar-refractivity contribution in [3.63, 3.8) is 0 Å². The van der Waals surface area contributed by atoms with Gasteiger partial charge in [0.25, 0.3) is 0 Å². The van der Waals surface area contributed by atoms with Crippen LogP contribution in [0, 0.1) is 5.92 Å². The molecule has 0 fully saturated rings. The van der Waals surface area contributed by atoms with Crippen LogP contribution in [0.1, 0.15) is 24.5 Å². The molecule has 0 saturated heterocycles. The molecule has 0 bridgehead atoms. The summed E-state index contributed by atoms with van der Waals surface area (Å²) < 4.78 is 11.8. The van der Waals surface area contributed by atoms with Crippen molar-refractivity contribution in [3.8, 4) is 23.0 Å². The lowest BCUT2D eigenvalue weighted by atomic mass is 9.90. The van der Waals surface area contributed by atoms with E-state index in [0.717, 1.165) is 30.8 Å². The predicted octanol–water partition coefficient (Wildman–Crippen LogP) is 7.25. The van der Waals surface area contributed by atoms with Crippen molar-refractivity contribution in [3.05, 3.63) is 108 Å². The van der Waals surface area contributed by atoms with E-state index in [1.807, 2.05) is 72.8 Å². The molecule has 0 aromatic heterocycles. The molecule has 4 N–H and O–H groups in total. The minimum Gasteiger partial charge on any atom is -0.455 e. The van der Waals surface area contributed by atoms with E-state index in [-0.39, 0.29) is 0 Å². The summed E-state index contributed by atoms with van der Waals surface area (Å²) in [5.74, 6) is 3.50. The fourth-order valence-corrected chi connectivity index (χ4v) is 3.82. The highest BCUT2D eigenvalue weighted by Gasteiger charge is 2.10. The average Bonchev–Trinajstić information content (AvgIpc) is 2.84. The third-order valence-corrected chi connectivity index (χ3v) is 5.77. The Bertz CT molecular complexity index is 1080. The number of hydrogen-bond acceptors (Lipinski definition) is 4. The van der Waals surface area contributed by atoms with E-state index in [2.05, 4.69) is 31.2 Å². The molecule has 0 radical (unpaired) electrons. The first-order valence-corrected chi connectivity index (χ1v) is 11.3. The van der Waals surface area contributed by atoms with Gasteiger partial charge >= 0.3 is 0 Å². The summed E-state index contributed by atoms with van der Waals surface area (Å²) in [4.78, 5) is 0. The molecule has 0 aliphatic carbocycles. The number of hydrogen-bond donors (Lipinski definition) is 2. The number of nitrogens with two attached hydrogens (primary N) is 2. The molecule has 0 aliphatic rings. The zero-order valence-electron chi connectivity index (χ0n) is 18.9. The maximum atomic E-state index is 5.97. The summed E-state index contributed by atoms with van der Waals surface area (Å²) in [5.41, 5.74) is 15.8. The van der Waals surface area contributed by atoms with Crippen molar-refractivity contribution in [2.24, 2.45) is 5.92 Å². The van der Waals surface area contributed by atoms with Gasteiger partial charge in [0.1, 0.15) is 23.0 Å². The third kappa shape index (κ3) is 6.07. The lowest BCUT2D eigenvalue weighted by Gasteiger charge is -2.16. The smallest absolute Gasteiger partial charge is 0.150 e. The molecule has 0 saturated carbocycles. The molecule has 4 rings (SSSR count). The normalized spacial score (nSPS) is 10.8. The van der Waals surface area contributed by atoms with Crippen molar-refractivity contribution in [1.82, 2.24) is 0 Å². The molecule has 4 nitrogen and oxygen atoms in total. The summed E-state index contributed by atoms with van der Waals surface area (Å²) >= 11 is 0. The molecule has 0 spiro atoms. The SMILES string of the molecule is CCC(Cc1ccc(Oc2ccccc2N)cc1)Cc1ccc(Oc2ccccc2N)cc1. The summed E-state index contributed by atoms with van der Waals surface area (Å²) in [7, 11) is 0. The van der Waals surface area contributed by atoms with Crippen LogP contribution in [0.25, 0.3) is 0 Å². The average molecular weight is 439 g/mol. The van der Waals surface area contributed by atoms with Crippen molar-refractivity contribution in [2.45, 2.75) is 26.2 Å². The Hall–Kier alpha value is -3.92. The number of nitrogen functional groups attached to an aromatic ring is 2. The maximum absolute atomic E-state index is 5.97. The number of rotatable bonds is 9. The van der Waals surface area contributed by atoms with E-state index in [1.54, 1.807) is 0 Å². The van der Waals surface area contributed by atoms with Crippen LogP contribution in [0.4, 0.5) is 11.4 Å². The molecule has 0 aliphatic heterocycles. The largest absolute Gasteiger partial charge is 0.455 e. The number of ether oxygens (including phenoxy) is 2. The monoisotopic (exact) mass is 438 g/mol. The molecular formula is C29H30N2O2. The van der Waals surface area contributed by atoms with Gasteiger partial charge in [-0.15, -0.1) is 0 Å². The van der Waals surface area contributed by atoms with Gasteiger partial charge in [0, 0.05) is 0 Å². The lowest BCUT2D eigenvalue weighted by Crippen LogP contribution is -2.07. The van der Waals surface area contributed by atoms with Crippen LogP contribution < -0.4 is 20.9 Å². The summed E-state index contributed by atoms with van der Waals surface area (Å²) in [6.45, 7) is 2.25. The van der Waals surface area contributed by atoms with Gasteiger partial charge in [0.2, 0.25) is 0 Å². The second-order valence-corrected chi connectivity index (χ2v) is 8.25. The Morgan fingerprint density at radius 2 is 0.970 bits per heavy atom. The predicted molar refractivity (Wildman–Crippen MR) is 136 cm³/mol. The van der Waals surface area contributed by atoms with Gasteiger partial charge in [0.15, 0.2) is 0 Å². The highest BCUT2D eigenvalue weighted by molar-refractivity contribution is 5.54. The Morgan fingerprint density at radius 3 is 1.33 bits per heavy atom. The first kappa shape index (κ1) is 22.3. The molecule has 0 amide bonds. The summed E-state index contributed by atoms with van der Waals surface area (Å²) in [6.07, 6.45) is 3.14. The molecule has 168 valence electrons. The van der Waals surface area contributed by atoms with Crippen LogP contribution in [-0.4, -0.2) is 0 Å². The quantitative estimate of drug-likeness (QED) is 0.270. The summed E-state index contributed by atoms with van der Waals surface area (Å²) in [5, 5.41) is 0. The Kier molecular flexibility index (Phi) is 7.16. The second kappa shape index (κ2) is 10.6. The van der Waals surface area contributed by atoms with Crippen molar-refractivity contribution >= 4 is 11.4 Å².